The smallest absolute Gasteiger partial charge is 0.296 e. The number of aromatic nitrogens is 2. The van der Waals surface area contributed by atoms with E-state index in [4.69, 9.17) is 0 Å². The SMILES string of the molecule is CCN(c1ccccc1)S(=O)(=O)c1cccc(C(=O)Nc2nnc(C(F)(F)F)s2)c1. The second-order valence-electron chi connectivity index (χ2n) is 5.90. The third-order valence-electron chi connectivity index (χ3n) is 3.90. The van der Waals surface area contributed by atoms with Crippen molar-refractivity contribution in [2.24, 2.45) is 0 Å². The van der Waals surface area contributed by atoms with Gasteiger partial charge in [0, 0.05) is 12.1 Å². The summed E-state index contributed by atoms with van der Waals surface area (Å²) in [4.78, 5) is 12.3. The van der Waals surface area contributed by atoms with Gasteiger partial charge in [-0.2, -0.15) is 13.2 Å². The van der Waals surface area contributed by atoms with Gasteiger partial charge in [-0.25, -0.2) is 8.42 Å². The van der Waals surface area contributed by atoms with Gasteiger partial charge in [-0.3, -0.25) is 14.4 Å². The Hall–Kier alpha value is -2.99. The molecule has 3 aromatic rings. The van der Waals surface area contributed by atoms with Crippen LogP contribution >= 0.6 is 11.3 Å². The Labute approximate surface area is 174 Å². The molecule has 0 saturated carbocycles. The van der Waals surface area contributed by atoms with Crippen LogP contribution in [-0.2, 0) is 16.2 Å². The standard InChI is InChI=1S/C18H15F3N4O3S2/c1-2-25(13-8-4-3-5-9-13)30(27,28)14-10-6-7-12(11-14)15(26)22-17-24-23-16(29-17)18(19,20)21/h3-11H,2H2,1H3,(H,22,24,26). The van der Waals surface area contributed by atoms with E-state index in [0.717, 1.165) is 6.07 Å². The molecule has 1 heterocycles. The first-order valence-electron chi connectivity index (χ1n) is 8.53. The van der Waals surface area contributed by atoms with Crippen molar-refractivity contribution >= 4 is 38.1 Å². The zero-order chi connectivity index (χ0) is 21.9. The lowest BCUT2D eigenvalue weighted by Gasteiger charge is -2.23. The van der Waals surface area contributed by atoms with Gasteiger partial charge in [0.05, 0.1) is 10.6 Å². The van der Waals surface area contributed by atoms with Gasteiger partial charge >= 0.3 is 6.18 Å². The van der Waals surface area contributed by atoms with Crippen molar-refractivity contribution in [3.05, 3.63) is 65.2 Å². The molecule has 0 aliphatic carbocycles. The van der Waals surface area contributed by atoms with Crippen molar-refractivity contribution in [3.63, 3.8) is 0 Å². The molecular formula is C18H15F3N4O3S2. The Morgan fingerprint density at radius 3 is 2.40 bits per heavy atom. The van der Waals surface area contributed by atoms with Gasteiger partial charge in [-0.05, 0) is 37.3 Å². The van der Waals surface area contributed by atoms with Crippen LogP contribution in [0.1, 0.15) is 22.3 Å². The summed E-state index contributed by atoms with van der Waals surface area (Å²) in [5, 5.41) is 6.93. The number of carbonyl (C=O) groups is 1. The van der Waals surface area contributed by atoms with Crippen LogP contribution in [0, 0.1) is 0 Å². The topological polar surface area (TPSA) is 92.3 Å². The van der Waals surface area contributed by atoms with Gasteiger partial charge < -0.3 is 0 Å². The van der Waals surface area contributed by atoms with Crippen LogP contribution < -0.4 is 9.62 Å². The Balaban J connectivity index is 1.86. The van der Waals surface area contributed by atoms with Crippen LogP contribution in [0.2, 0.25) is 0 Å². The van der Waals surface area contributed by atoms with E-state index in [2.05, 4.69) is 15.5 Å². The first-order chi connectivity index (χ1) is 14.1. The number of nitrogens with one attached hydrogen (secondary N) is 1. The molecule has 12 heteroatoms. The Morgan fingerprint density at radius 2 is 1.80 bits per heavy atom. The van der Waals surface area contributed by atoms with Crippen molar-refractivity contribution in [2.75, 3.05) is 16.2 Å². The molecule has 0 fully saturated rings. The number of halogens is 3. The van der Waals surface area contributed by atoms with Gasteiger partial charge in [0.15, 0.2) is 0 Å². The number of carbonyl (C=O) groups excluding carboxylic acids is 1. The monoisotopic (exact) mass is 456 g/mol. The minimum atomic E-state index is -4.67. The molecule has 0 spiro atoms. The predicted octanol–water partition coefficient (Wildman–Crippen LogP) is 4.02. The van der Waals surface area contributed by atoms with Gasteiger partial charge in [0.25, 0.3) is 15.9 Å². The Bertz CT molecular complexity index is 1150. The van der Waals surface area contributed by atoms with E-state index in [1.807, 2.05) is 0 Å². The maximum Gasteiger partial charge on any atom is 0.445 e. The lowest BCUT2D eigenvalue weighted by atomic mass is 10.2. The average molecular weight is 456 g/mol. The van der Waals surface area contributed by atoms with Crippen LogP contribution in [0.25, 0.3) is 0 Å². The number of nitrogens with zero attached hydrogens (tertiary/aromatic N) is 3. The highest BCUT2D eigenvalue weighted by Gasteiger charge is 2.36. The molecule has 0 radical (unpaired) electrons. The van der Waals surface area contributed by atoms with Crippen LogP contribution in [0.15, 0.2) is 59.5 Å². The number of benzene rings is 2. The number of rotatable bonds is 6. The maximum atomic E-state index is 13.1. The quantitative estimate of drug-likeness (QED) is 0.605. The molecule has 0 unspecified atom stereocenters. The summed E-state index contributed by atoms with van der Waals surface area (Å²) in [5.41, 5.74) is 0.410. The number of anilines is 2. The molecule has 0 bridgehead atoms. The highest BCUT2D eigenvalue weighted by atomic mass is 32.2. The number of amides is 1. The Kier molecular flexibility index (Phi) is 6.08. The van der Waals surface area contributed by atoms with Crippen LogP contribution in [0.3, 0.4) is 0 Å². The molecule has 0 saturated heterocycles. The van der Waals surface area contributed by atoms with E-state index in [1.165, 1.54) is 22.5 Å². The van der Waals surface area contributed by atoms with Gasteiger partial charge in [-0.15, -0.1) is 10.2 Å². The highest BCUT2D eigenvalue weighted by molar-refractivity contribution is 7.92. The second-order valence-corrected chi connectivity index (χ2v) is 8.74. The van der Waals surface area contributed by atoms with E-state index >= 15 is 0 Å². The third kappa shape index (κ3) is 4.60. The molecule has 3 rings (SSSR count). The van der Waals surface area contributed by atoms with Crippen molar-refractivity contribution in [1.29, 1.82) is 0 Å². The summed E-state index contributed by atoms with van der Waals surface area (Å²) < 4.78 is 65.2. The summed E-state index contributed by atoms with van der Waals surface area (Å²) in [6, 6.07) is 13.7. The normalized spacial score (nSPS) is 11.9. The molecule has 1 amide bonds. The minimum Gasteiger partial charge on any atom is -0.296 e. The van der Waals surface area contributed by atoms with E-state index in [-0.39, 0.29) is 33.5 Å². The summed E-state index contributed by atoms with van der Waals surface area (Å²) in [5.74, 6) is -0.806. The average Bonchev–Trinajstić information content (AvgIpc) is 3.18. The lowest BCUT2D eigenvalue weighted by Crippen LogP contribution is -2.30. The van der Waals surface area contributed by atoms with E-state index < -0.39 is 27.1 Å². The fraction of sp³-hybridized carbons (Fsp3) is 0.167. The van der Waals surface area contributed by atoms with Gasteiger partial charge in [-0.1, -0.05) is 35.6 Å². The highest BCUT2D eigenvalue weighted by Crippen LogP contribution is 2.33. The number of hydrogen-bond acceptors (Lipinski definition) is 6. The molecule has 0 atom stereocenters. The second kappa shape index (κ2) is 8.40. The summed E-state index contributed by atoms with van der Waals surface area (Å²) in [6.07, 6.45) is -4.67. The molecule has 1 aromatic heterocycles. The summed E-state index contributed by atoms with van der Waals surface area (Å²) in [7, 11) is -3.97. The van der Waals surface area contributed by atoms with E-state index in [9.17, 15) is 26.4 Å². The van der Waals surface area contributed by atoms with Crippen molar-refractivity contribution < 1.29 is 26.4 Å². The van der Waals surface area contributed by atoms with Crippen LogP contribution in [-0.4, -0.2) is 31.1 Å². The first-order valence-corrected chi connectivity index (χ1v) is 10.8. The largest absolute Gasteiger partial charge is 0.445 e. The number of hydrogen-bond donors (Lipinski definition) is 1. The van der Waals surface area contributed by atoms with Crippen molar-refractivity contribution in [3.8, 4) is 0 Å². The number of sulfonamides is 1. The molecule has 2 aromatic carbocycles. The van der Waals surface area contributed by atoms with Crippen molar-refractivity contribution in [2.45, 2.75) is 18.0 Å². The molecule has 158 valence electrons. The molecule has 7 nitrogen and oxygen atoms in total. The molecular weight excluding hydrogens is 441 g/mol. The molecule has 30 heavy (non-hydrogen) atoms. The molecule has 1 N–H and O–H groups in total. The molecule has 0 aliphatic heterocycles. The Morgan fingerprint density at radius 1 is 1.10 bits per heavy atom. The van der Waals surface area contributed by atoms with E-state index in [1.54, 1.807) is 37.3 Å². The maximum absolute atomic E-state index is 13.1. The summed E-state index contributed by atoms with van der Waals surface area (Å²) in [6.45, 7) is 1.84. The zero-order valence-electron chi connectivity index (χ0n) is 15.4. The number of alkyl halides is 3. The lowest BCUT2D eigenvalue weighted by molar-refractivity contribution is -0.138. The van der Waals surface area contributed by atoms with Crippen LogP contribution in [0.5, 0.6) is 0 Å². The summed E-state index contributed by atoms with van der Waals surface area (Å²) >= 11 is 0.173. The predicted molar refractivity (Wildman–Crippen MR) is 106 cm³/mol. The fourth-order valence-electron chi connectivity index (χ4n) is 2.57. The fourth-order valence-corrected chi connectivity index (χ4v) is 4.69. The van der Waals surface area contributed by atoms with Gasteiger partial charge in [0.1, 0.15) is 0 Å². The molecule has 0 aliphatic rings. The van der Waals surface area contributed by atoms with Crippen molar-refractivity contribution in [1.82, 2.24) is 10.2 Å². The van der Waals surface area contributed by atoms with E-state index in [0.29, 0.717) is 5.69 Å². The zero-order valence-corrected chi connectivity index (χ0v) is 17.1. The third-order valence-corrected chi connectivity index (χ3v) is 6.69. The first kappa shape index (κ1) is 21.7. The minimum absolute atomic E-state index is 0.0519. The van der Waals surface area contributed by atoms with Crippen LogP contribution in [0.4, 0.5) is 24.0 Å². The number of para-hydroxylation sites is 1. The van der Waals surface area contributed by atoms with Gasteiger partial charge in [0.2, 0.25) is 10.1 Å².